The topological polar surface area (TPSA) is 114 Å². The van der Waals surface area contributed by atoms with Crippen molar-refractivity contribution in [1.82, 2.24) is 10.2 Å². The number of ether oxygens (including phenoxy) is 1. The summed E-state index contributed by atoms with van der Waals surface area (Å²) in [4.78, 5) is 38.6. The van der Waals surface area contributed by atoms with E-state index in [1.54, 1.807) is 4.90 Å². The summed E-state index contributed by atoms with van der Waals surface area (Å²) in [5.74, 6) is -0.630. The molecule has 4 rings (SSSR count). The Morgan fingerprint density at radius 2 is 1.97 bits per heavy atom. The van der Waals surface area contributed by atoms with E-state index in [0.29, 0.717) is 28.8 Å². The largest absolute Gasteiger partial charge is 0.496 e. The number of carbonyl (C=O) groups is 3. The van der Waals surface area contributed by atoms with Crippen LogP contribution in [0.2, 0.25) is 5.02 Å². The number of rotatable bonds is 6. The van der Waals surface area contributed by atoms with E-state index in [-0.39, 0.29) is 34.1 Å². The van der Waals surface area contributed by atoms with E-state index in [1.165, 1.54) is 37.5 Å². The molecule has 2 heterocycles. The van der Waals surface area contributed by atoms with Crippen LogP contribution in [0.3, 0.4) is 0 Å². The van der Waals surface area contributed by atoms with Gasteiger partial charge in [-0.05, 0) is 24.6 Å². The quantitative estimate of drug-likeness (QED) is 0.524. The Kier molecular flexibility index (Phi) is 6.80. The number of methoxy groups -OCH3 is 1. The summed E-state index contributed by atoms with van der Waals surface area (Å²) < 4.78 is 5.30. The van der Waals surface area contributed by atoms with E-state index in [4.69, 9.17) is 16.3 Å². The summed E-state index contributed by atoms with van der Waals surface area (Å²) in [6, 6.07) is 10.6. The molecule has 9 nitrogen and oxygen atoms in total. The zero-order chi connectivity index (χ0) is 24.4. The van der Waals surface area contributed by atoms with Crippen molar-refractivity contribution in [1.29, 1.82) is 0 Å². The monoisotopic (exact) mass is 499 g/mol. The molecule has 0 unspecified atom stereocenters. The summed E-state index contributed by atoms with van der Waals surface area (Å²) in [7, 11) is 1.41. The highest BCUT2D eigenvalue weighted by Crippen LogP contribution is 2.36. The van der Waals surface area contributed by atoms with Crippen molar-refractivity contribution in [3.63, 3.8) is 0 Å². The van der Waals surface area contributed by atoms with Crippen molar-refractivity contribution in [2.24, 2.45) is 0 Å². The number of aromatic nitrogens is 2. The second-order valence-electron chi connectivity index (χ2n) is 7.80. The Labute approximate surface area is 205 Å². The van der Waals surface area contributed by atoms with E-state index in [2.05, 4.69) is 20.8 Å². The molecule has 0 spiro atoms. The van der Waals surface area contributed by atoms with Gasteiger partial charge in [-0.25, -0.2) is 0 Å². The van der Waals surface area contributed by atoms with Gasteiger partial charge >= 0.3 is 0 Å². The van der Waals surface area contributed by atoms with Crippen LogP contribution in [0.15, 0.2) is 36.4 Å². The van der Waals surface area contributed by atoms with Crippen molar-refractivity contribution in [3.05, 3.63) is 57.6 Å². The third kappa shape index (κ3) is 4.87. The van der Waals surface area contributed by atoms with Gasteiger partial charge in [-0.3, -0.25) is 19.7 Å². The maximum Gasteiger partial charge on any atom is 0.261 e. The third-order valence-corrected chi connectivity index (χ3v) is 6.70. The van der Waals surface area contributed by atoms with E-state index < -0.39 is 5.91 Å². The van der Waals surface area contributed by atoms with Crippen LogP contribution in [-0.2, 0) is 9.59 Å². The molecule has 2 aromatic carbocycles. The first kappa shape index (κ1) is 23.7. The molecule has 0 bridgehead atoms. The molecule has 1 aliphatic rings. The SMILES string of the molecule is COc1cc(NC(C)=O)c(Cl)cc1C(=O)Nc1nnc([C@@H]2CC(=O)N(c3ccccc3C)C2)s1. The number of hydrogen-bond acceptors (Lipinski definition) is 7. The number of benzene rings is 2. The van der Waals surface area contributed by atoms with Crippen LogP contribution in [0.25, 0.3) is 0 Å². The van der Waals surface area contributed by atoms with E-state index in [9.17, 15) is 14.4 Å². The molecule has 3 aromatic rings. The van der Waals surface area contributed by atoms with E-state index in [0.717, 1.165) is 11.3 Å². The van der Waals surface area contributed by atoms with Gasteiger partial charge in [-0.15, -0.1) is 10.2 Å². The Bertz CT molecular complexity index is 1280. The summed E-state index contributed by atoms with van der Waals surface area (Å²) in [5.41, 5.74) is 2.43. The standard InChI is InChI=1S/C23H22ClN5O4S/c1-12-6-4-5-7-18(12)29-11-14(8-20(29)31)22-27-28-23(34-22)26-21(32)15-9-16(24)17(25-13(2)30)10-19(15)33-3/h4-7,9-10,14H,8,11H2,1-3H3,(H,25,30)(H,26,28,32)/t14-/m1/s1. The molecule has 0 radical (unpaired) electrons. The lowest BCUT2D eigenvalue weighted by molar-refractivity contribution is -0.117. The second-order valence-corrected chi connectivity index (χ2v) is 9.22. The van der Waals surface area contributed by atoms with Gasteiger partial charge in [-0.2, -0.15) is 0 Å². The average molecular weight is 500 g/mol. The normalized spacial score (nSPS) is 15.4. The molecule has 176 valence electrons. The van der Waals surface area contributed by atoms with Gasteiger partial charge in [0.25, 0.3) is 5.91 Å². The Morgan fingerprint density at radius 1 is 1.21 bits per heavy atom. The van der Waals surface area contributed by atoms with Gasteiger partial charge in [0.1, 0.15) is 10.8 Å². The van der Waals surface area contributed by atoms with Crippen LogP contribution in [0.1, 0.15) is 40.2 Å². The predicted octanol–water partition coefficient (Wildman–Crippen LogP) is 4.24. The molecule has 11 heteroatoms. The van der Waals surface area contributed by atoms with E-state index >= 15 is 0 Å². The average Bonchev–Trinajstić information content (AvgIpc) is 3.41. The summed E-state index contributed by atoms with van der Waals surface area (Å²) in [6.45, 7) is 3.83. The number of nitrogens with one attached hydrogen (secondary N) is 2. The van der Waals surface area contributed by atoms with Gasteiger partial charge in [0, 0.05) is 37.6 Å². The number of hydrogen-bond donors (Lipinski definition) is 2. The molecule has 0 aliphatic carbocycles. The highest BCUT2D eigenvalue weighted by atomic mass is 35.5. The second kappa shape index (κ2) is 9.78. The van der Waals surface area contributed by atoms with Crippen LogP contribution in [-0.4, -0.2) is 41.6 Å². The van der Waals surface area contributed by atoms with Crippen molar-refractivity contribution in [2.45, 2.75) is 26.2 Å². The Hall–Kier alpha value is -3.50. The van der Waals surface area contributed by atoms with Crippen molar-refractivity contribution in [3.8, 4) is 5.75 Å². The maximum atomic E-state index is 12.9. The highest BCUT2D eigenvalue weighted by molar-refractivity contribution is 7.15. The minimum atomic E-state index is -0.486. The zero-order valence-electron chi connectivity index (χ0n) is 18.7. The van der Waals surface area contributed by atoms with Gasteiger partial charge in [-0.1, -0.05) is 41.1 Å². The summed E-state index contributed by atoms with van der Waals surface area (Å²) >= 11 is 7.44. The fraction of sp³-hybridized carbons (Fsp3) is 0.261. The van der Waals surface area contributed by atoms with Crippen molar-refractivity contribution in [2.75, 3.05) is 29.2 Å². The molecular formula is C23H22ClN5O4S. The smallest absolute Gasteiger partial charge is 0.261 e. The first-order chi connectivity index (χ1) is 16.3. The number of nitrogens with zero attached hydrogens (tertiary/aromatic N) is 3. The molecule has 2 N–H and O–H groups in total. The van der Waals surface area contributed by atoms with Crippen LogP contribution >= 0.6 is 22.9 Å². The highest BCUT2D eigenvalue weighted by Gasteiger charge is 2.34. The van der Waals surface area contributed by atoms with Gasteiger partial charge in [0.2, 0.25) is 16.9 Å². The maximum absolute atomic E-state index is 12.9. The number of para-hydroxylation sites is 1. The third-order valence-electron chi connectivity index (χ3n) is 5.39. The molecular weight excluding hydrogens is 478 g/mol. The number of anilines is 3. The van der Waals surface area contributed by atoms with Gasteiger partial charge in [0.05, 0.1) is 23.4 Å². The molecule has 1 atom stereocenters. The van der Waals surface area contributed by atoms with Crippen LogP contribution in [0.5, 0.6) is 5.75 Å². The van der Waals surface area contributed by atoms with E-state index in [1.807, 2.05) is 31.2 Å². The first-order valence-corrected chi connectivity index (χ1v) is 11.6. The number of halogens is 1. The fourth-order valence-corrected chi connectivity index (χ4v) is 4.81. The molecule has 3 amide bonds. The molecule has 34 heavy (non-hydrogen) atoms. The minimum Gasteiger partial charge on any atom is -0.496 e. The summed E-state index contributed by atoms with van der Waals surface area (Å²) in [6.07, 6.45) is 0.324. The fourth-order valence-electron chi connectivity index (χ4n) is 3.77. The summed E-state index contributed by atoms with van der Waals surface area (Å²) in [5, 5.41) is 14.7. The van der Waals surface area contributed by atoms with Gasteiger partial charge < -0.3 is 15.0 Å². The molecule has 1 fully saturated rings. The lowest BCUT2D eigenvalue weighted by Gasteiger charge is -2.18. The lowest BCUT2D eigenvalue weighted by Crippen LogP contribution is -2.25. The molecule has 0 saturated carbocycles. The Morgan fingerprint density at radius 3 is 2.68 bits per heavy atom. The molecule has 1 saturated heterocycles. The zero-order valence-corrected chi connectivity index (χ0v) is 20.3. The van der Waals surface area contributed by atoms with Crippen molar-refractivity contribution < 1.29 is 19.1 Å². The van der Waals surface area contributed by atoms with Crippen molar-refractivity contribution >= 4 is 57.2 Å². The lowest BCUT2D eigenvalue weighted by atomic mass is 10.1. The van der Waals surface area contributed by atoms with Crippen LogP contribution in [0.4, 0.5) is 16.5 Å². The Balaban J connectivity index is 1.49. The molecule has 1 aliphatic heterocycles. The number of aryl methyl sites for hydroxylation is 1. The number of amides is 3. The minimum absolute atomic E-state index is 0.0266. The number of carbonyl (C=O) groups excluding carboxylic acids is 3. The van der Waals surface area contributed by atoms with Crippen LogP contribution < -0.4 is 20.3 Å². The first-order valence-electron chi connectivity index (χ1n) is 10.4. The van der Waals surface area contributed by atoms with Gasteiger partial charge in [0.15, 0.2) is 0 Å². The van der Waals surface area contributed by atoms with Crippen LogP contribution in [0, 0.1) is 6.92 Å². The molecule has 1 aromatic heterocycles. The predicted molar refractivity (Wildman–Crippen MR) is 131 cm³/mol.